The molecule has 0 radical (unpaired) electrons. The number of amides is 2. The maximum atomic E-state index is 13.0. The van der Waals surface area contributed by atoms with Gasteiger partial charge in [-0.2, -0.15) is 0 Å². The monoisotopic (exact) mass is 360 g/mol. The lowest BCUT2D eigenvalue weighted by atomic mass is 10.1. The number of hydrogen-bond acceptors (Lipinski definition) is 2. The van der Waals surface area contributed by atoms with Crippen LogP contribution in [0, 0.1) is 5.82 Å². The van der Waals surface area contributed by atoms with Gasteiger partial charge in [0.1, 0.15) is 5.82 Å². The van der Waals surface area contributed by atoms with Gasteiger partial charge >= 0.3 is 0 Å². The van der Waals surface area contributed by atoms with E-state index in [0.29, 0.717) is 43.2 Å². The largest absolute Gasteiger partial charge is 0.339 e. The Morgan fingerprint density at radius 1 is 0.960 bits per heavy atom. The van der Waals surface area contributed by atoms with E-state index in [9.17, 15) is 14.0 Å². The van der Waals surface area contributed by atoms with Crippen molar-refractivity contribution in [2.75, 3.05) is 26.2 Å². The summed E-state index contributed by atoms with van der Waals surface area (Å²) in [5, 5.41) is 0.611. The number of piperazine rings is 1. The first-order valence-corrected chi connectivity index (χ1v) is 8.48. The molecule has 0 bridgehead atoms. The lowest BCUT2D eigenvalue weighted by molar-refractivity contribution is -0.131. The number of hydrogen-bond donors (Lipinski definition) is 0. The molecule has 3 rings (SSSR count). The fourth-order valence-corrected chi connectivity index (χ4v) is 3.08. The minimum atomic E-state index is -0.368. The molecule has 0 aromatic heterocycles. The summed E-state index contributed by atoms with van der Waals surface area (Å²) < 4.78 is 13.0. The molecule has 0 saturated carbocycles. The molecule has 2 aromatic carbocycles. The van der Waals surface area contributed by atoms with Gasteiger partial charge < -0.3 is 9.80 Å². The van der Waals surface area contributed by atoms with E-state index >= 15 is 0 Å². The molecule has 0 N–H and O–H groups in total. The van der Waals surface area contributed by atoms with Crippen molar-refractivity contribution in [2.45, 2.75) is 6.42 Å². The quantitative estimate of drug-likeness (QED) is 0.844. The highest BCUT2D eigenvalue weighted by atomic mass is 35.5. The van der Waals surface area contributed by atoms with Crippen LogP contribution in [0.3, 0.4) is 0 Å². The zero-order valence-electron chi connectivity index (χ0n) is 13.6. The SMILES string of the molecule is O=C(Cc1cccc(Cl)c1)N1CCN(C(=O)c2ccc(F)cc2)CC1. The van der Waals surface area contributed by atoms with E-state index in [0.717, 1.165) is 5.56 Å². The number of rotatable bonds is 3. The van der Waals surface area contributed by atoms with Crippen LogP contribution >= 0.6 is 11.6 Å². The molecule has 1 fully saturated rings. The van der Waals surface area contributed by atoms with Crippen LogP contribution in [0.1, 0.15) is 15.9 Å². The smallest absolute Gasteiger partial charge is 0.253 e. The molecule has 0 unspecified atom stereocenters. The van der Waals surface area contributed by atoms with E-state index in [1.165, 1.54) is 24.3 Å². The molecule has 0 atom stereocenters. The van der Waals surface area contributed by atoms with E-state index < -0.39 is 0 Å². The molecule has 130 valence electrons. The maximum absolute atomic E-state index is 13.0. The first-order chi connectivity index (χ1) is 12.0. The van der Waals surface area contributed by atoms with Gasteiger partial charge in [-0.25, -0.2) is 4.39 Å². The molecule has 6 heteroatoms. The van der Waals surface area contributed by atoms with Crippen LogP contribution in [-0.4, -0.2) is 47.8 Å². The first kappa shape index (κ1) is 17.4. The zero-order chi connectivity index (χ0) is 17.8. The zero-order valence-corrected chi connectivity index (χ0v) is 14.4. The Bertz CT molecular complexity index is 771. The maximum Gasteiger partial charge on any atom is 0.253 e. The lowest BCUT2D eigenvalue weighted by Crippen LogP contribution is -2.51. The average Bonchev–Trinajstić information content (AvgIpc) is 2.62. The molecule has 1 heterocycles. The van der Waals surface area contributed by atoms with Crippen LogP contribution in [-0.2, 0) is 11.2 Å². The minimum absolute atomic E-state index is 0.0242. The van der Waals surface area contributed by atoms with Gasteiger partial charge in [-0.05, 0) is 42.0 Å². The second-order valence-corrected chi connectivity index (χ2v) is 6.42. The Balaban J connectivity index is 1.55. The van der Waals surface area contributed by atoms with Crippen molar-refractivity contribution < 1.29 is 14.0 Å². The standard InChI is InChI=1S/C19H18ClFN2O2/c20-16-3-1-2-14(12-16)13-18(24)22-8-10-23(11-9-22)19(25)15-4-6-17(21)7-5-15/h1-7,12H,8-11,13H2. The van der Waals surface area contributed by atoms with Crippen LogP contribution < -0.4 is 0 Å². The second-order valence-electron chi connectivity index (χ2n) is 5.99. The van der Waals surface area contributed by atoms with Gasteiger partial charge in [-0.15, -0.1) is 0 Å². The summed E-state index contributed by atoms with van der Waals surface area (Å²) in [6.45, 7) is 1.92. The van der Waals surface area contributed by atoms with Gasteiger partial charge in [0.25, 0.3) is 5.91 Å². The lowest BCUT2D eigenvalue weighted by Gasteiger charge is -2.35. The summed E-state index contributed by atoms with van der Waals surface area (Å²) in [5.74, 6) is -0.480. The molecule has 0 aliphatic carbocycles. The molecular weight excluding hydrogens is 343 g/mol. The Labute approximate surface area is 150 Å². The van der Waals surface area contributed by atoms with E-state index in [1.54, 1.807) is 21.9 Å². The minimum Gasteiger partial charge on any atom is -0.339 e. The van der Waals surface area contributed by atoms with Crippen LogP contribution in [0.4, 0.5) is 4.39 Å². The van der Waals surface area contributed by atoms with Gasteiger partial charge in [0.05, 0.1) is 6.42 Å². The average molecular weight is 361 g/mol. The van der Waals surface area contributed by atoms with Crippen LogP contribution in [0.2, 0.25) is 5.02 Å². The van der Waals surface area contributed by atoms with Crippen molar-refractivity contribution in [3.63, 3.8) is 0 Å². The number of benzene rings is 2. The van der Waals surface area contributed by atoms with Crippen LogP contribution in [0.5, 0.6) is 0 Å². The van der Waals surface area contributed by atoms with Crippen LogP contribution in [0.25, 0.3) is 0 Å². The Hall–Kier alpha value is -2.40. The second kappa shape index (κ2) is 7.66. The summed E-state index contributed by atoms with van der Waals surface area (Å²) in [7, 11) is 0. The van der Waals surface area contributed by atoms with Crippen molar-refractivity contribution in [1.82, 2.24) is 9.80 Å². The van der Waals surface area contributed by atoms with E-state index in [1.807, 2.05) is 12.1 Å². The Morgan fingerprint density at radius 3 is 2.24 bits per heavy atom. The van der Waals surface area contributed by atoms with Crippen molar-refractivity contribution in [3.8, 4) is 0 Å². The number of carbonyl (C=O) groups is 2. The highest BCUT2D eigenvalue weighted by Crippen LogP contribution is 2.14. The molecular formula is C19H18ClFN2O2. The molecule has 1 aliphatic rings. The Kier molecular flexibility index (Phi) is 5.34. The molecule has 25 heavy (non-hydrogen) atoms. The third-order valence-electron chi connectivity index (χ3n) is 4.26. The van der Waals surface area contributed by atoms with E-state index in [2.05, 4.69) is 0 Å². The summed E-state index contributed by atoms with van der Waals surface area (Å²) in [6.07, 6.45) is 0.298. The summed E-state index contributed by atoms with van der Waals surface area (Å²) >= 11 is 5.94. The molecule has 1 aliphatic heterocycles. The van der Waals surface area contributed by atoms with Crippen molar-refractivity contribution in [1.29, 1.82) is 0 Å². The van der Waals surface area contributed by atoms with Gasteiger partial charge in [-0.3, -0.25) is 9.59 Å². The molecule has 2 aromatic rings. The highest BCUT2D eigenvalue weighted by Gasteiger charge is 2.24. The molecule has 2 amide bonds. The molecule has 1 saturated heterocycles. The fourth-order valence-electron chi connectivity index (χ4n) is 2.87. The van der Waals surface area contributed by atoms with Crippen molar-refractivity contribution in [3.05, 3.63) is 70.5 Å². The summed E-state index contributed by atoms with van der Waals surface area (Å²) in [6, 6.07) is 12.8. The topological polar surface area (TPSA) is 40.6 Å². The molecule has 4 nitrogen and oxygen atoms in total. The molecule has 0 spiro atoms. The number of nitrogens with zero attached hydrogens (tertiary/aromatic N) is 2. The highest BCUT2D eigenvalue weighted by molar-refractivity contribution is 6.30. The van der Waals surface area contributed by atoms with E-state index in [-0.39, 0.29) is 17.6 Å². The Morgan fingerprint density at radius 2 is 1.60 bits per heavy atom. The normalized spacial score (nSPS) is 14.5. The van der Waals surface area contributed by atoms with Crippen LogP contribution in [0.15, 0.2) is 48.5 Å². The van der Waals surface area contributed by atoms with Crippen molar-refractivity contribution >= 4 is 23.4 Å². The predicted molar refractivity (Wildman–Crippen MR) is 94.0 cm³/mol. The summed E-state index contributed by atoms with van der Waals surface area (Å²) in [5.41, 5.74) is 1.34. The predicted octanol–water partition coefficient (Wildman–Crippen LogP) is 3.01. The fraction of sp³-hybridized carbons (Fsp3) is 0.263. The van der Waals surface area contributed by atoms with Crippen molar-refractivity contribution in [2.24, 2.45) is 0 Å². The van der Waals surface area contributed by atoms with E-state index in [4.69, 9.17) is 11.6 Å². The van der Waals surface area contributed by atoms with Gasteiger partial charge in [0, 0.05) is 36.8 Å². The first-order valence-electron chi connectivity index (χ1n) is 8.10. The number of halogens is 2. The number of carbonyl (C=O) groups excluding carboxylic acids is 2. The third kappa shape index (κ3) is 4.37. The van der Waals surface area contributed by atoms with Gasteiger partial charge in [0.15, 0.2) is 0 Å². The van der Waals surface area contributed by atoms with Gasteiger partial charge in [-0.1, -0.05) is 23.7 Å². The third-order valence-corrected chi connectivity index (χ3v) is 4.49. The van der Waals surface area contributed by atoms with Gasteiger partial charge in [0.2, 0.25) is 5.91 Å². The summed E-state index contributed by atoms with van der Waals surface area (Å²) in [4.78, 5) is 28.3.